The fourth-order valence-electron chi connectivity index (χ4n) is 1.43. The van der Waals surface area contributed by atoms with Gasteiger partial charge >= 0.3 is 0 Å². The molecular weight excluding hydrogens is 228 g/mol. The van der Waals surface area contributed by atoms with Crippen LogP contribution in [0.5, 0.6) is 11.6 Å². The van der Waals surface area contributed by atoms with Crippen molar-refractivity contribution >= 4 is 5.82 Å². The van der Waals surface area contributed by atoms with Crippen LogP contribution in [-0.4, -0.2) is 16.5 Å². The lowest BCUT2D eigenvalue weighted by molar-refractivity contribution is 0.460. The van der Waals surface area contributed by atoms with E-state index in [9.17, 15) is 0 Å². The lowest BCUT2D eigenvalue weighted by Gasteiger charge is -2.07. The Morgan fingerprint density at radius 3 is 2.94 bits per heavy atom. The SMILES string of the molecule is CCNc1cc(Oc2ccccc2C#N)ncn1. The van der Waals surface area contributed by atoms with Gasteiger partial charge in [0.2, 0.25) is 5.88 Å². The van der Waals surface area contributed by atoms with Gasteiger partial charge in [0.05, 0.1) is 5.56 Å². The highest BCUT2D eigenvalue weighted by molar-refractivity contribution is 5.45. The molecule has 0 fully saturated rings. The lowest BCUT2D eigenvalue weighted by Crippen LogP contribution is -2.00. The van der Waals surface area contributed by atoms with Crippen molar-refractivity contribution in [3.8, 4) is 17.7 Å². The topological polar surface area (TPSA) is 70.8 Å². The largest absolute Gasteiger partial charge is 0.437 e. The van der Waals surface area contributed by atoms with Gasteiger partial charge in [-0.2, -0.15) is 5.26 Å². The number of benzene rings is 1. The van der Waals surface area contributed by atoms with Crippen LogP contribution in [0.3, 0.4) is 0 Å². The Balaban J connectivity index is 2.23. The minimum Gasteiger partial charge on any atom is -0.437 e. The van der Waals surface area contributed by atoms with Gasteiger partial charge in [0.25, 0.3) is 0 Å². The molecule has 0 atom stereocenters. The molecule has 0 spiro atoms. The third-order valence-corrected chi connectivity index (χ3v) is 2.22. The molecule has 5 nitrogen and oxygen atoms in total. The van der Waals surface area contributed by atoms with Crippen molar-refractivity contribution in [2.75, 3.05) is 11.9 Å². The van der Waals surface area contributed by atoms with Crippen LogP contribution in [0.2, 0.25) is 0 Å². The Morgan fingerprint density at radius 2 is 2.17 bits per heavy atom. The van der Waals surface area contributed by atoms with Gasteiger partial charge in [-0.05, 0) is 19.1 Å². The van der Waals surface area contributed by atoms with Gasteiger partial charge in [0, 0.05) is 12.6 Å². The second-order valence-electron chi connectivity index (χ2n) is 3.48. The molecule has 2 rings (SSSR count). The van der Waals surface area contributed by atoms with Gasteiger partial charge in [0.15, 0.2) is 0 Å². The second kappa shape index (κ2) is 5.64. The van der Waals surface area contributed by atoms with Crippen LogP contribution >= 0.6 is 0 Å². The van der Waals surface area contributed by atoms with E-state index < -0.39 is 0 Å². The predicted octanol–water partition coefficient (Wildman–Crippen LogP) is 2.57. The third-order valence-electron chi connectivity index (χ3n) is 2.22. The van der Waals surface area contributed by atoms with E-state index >= 15 is 0 Å². The summed E-state index contributed by atoms with van der Waals surface area (Å²) in [6.45, 7) is 2.75. The molecule has 1 aromatic heterocycles. The minimum atomic E-state index is 0.406. The normalized spacial score (nSPS) is 9.56. The molecule has 0 aliphatic carbocycles. The first-order valence-electron chi connectivity index (χ1n) is 5.56. The van der Waals surface area contributed by atoms with Gasteiger partial charge in [-0.3, -0.25) is 0 Å². The summed E-state index contributed by atoms with van der Waals surface area (Å²) in [5.74, 6) is 1.58. The molecule has 1 aromatic carbocycles. The molecule has 1 heterocycles. The quantitative estimate of drug-likeness (QED) is 0.889. The molecule has 0 radical (unpaired) electrons. The van der Waals surface area contributed by atoms with E-state index in [0.717, 1.165) is 6.54 Å². The van der Waals surface area contributed by atoms with Gasteiger partial charge in [-0.25, -0.2) is 9.97 Å². The Kier molecular flexibility index (Phi) is 3.72. The highest BCUT2D eigenvalue weighted by Crippen LogP contribution is 2.23. The molecule has 1 N–H and O–H groups in total. The highest BCUT2D eigenvalue weighted by Gasteiger charge is 2.05. The van der Waals surface area contributed by atoms with E-state index in [-0.39, 0.29) is 0 Å². The zero-order valence-corrected chi connectivity index (χ0v) is 9.92. The maximum absolute atomic E-state index is 8.96. The molecule has 0 saturated carbocycles. The molecule has 0 unspecified atom stereocenters. The Labute approximate surface area is 105 Å². The first-order chi connectivity index (χ1) is 8.83. The smallest absolute Gasteiger partial charge is 0.224 e. The third kappa shape index (κ3) is 2.74. The molecule has 0 aliphatic rings. The fourth-order valence-corrected chi connectivity index (χ4v) is 1.43. The molecule has 2 aromatic rings. The monoisotopic (exact) mass is 240 g/mol. The van der Waals surface area contributed by atoms with Gasteiger partial charge in [-0.1, -0.05) is 12.1 Å². The number of para-hydroxylation sites is 1. The van der Waals surface area contributed by atoms with Crippen molar-refractivity contribution in [1.29, 1.82) is 5.26 Å². The number of ether oxygens (including phenoxy) is 1. The Hall–Kier alpha value is -2.61. The number of nitrogens with one attached hydrogen (secondary N) is 1. The van der Waals surface area contributed by atoms with Gasteiger partial charge in [-0.15, -0.1) is 0 Å². The van der Waals surface area contributed by atoms with Crippen LogP contribution < -0.4 is 10.1 Å². The van der Waals surface area contributed by atoms with Crippen LogP contribution in [0.15, 0.2) is 36.7 Å². The first kappa shape index (κ1) is 11.9. The number of rotatable bonds is 4. The summed E-state index contributed by atoms with van der Waals surface area (Å²) in [6.07, 6.45) is 1.42. The number of nitrogens with zero attached hydrogens (tertiary/aromatic N) is 3. The van der Waals surface area contributed by atoms with Crippen LogP contribution in [0.1, 0.15) is 12.5 Å². The van der Waals surface area contributed by atoms with E-state index in [1.807, 2.05) is 13.0 Å². The van der Waals surface area contributed by atoms with Gasteiger partial charge < -0.3 is 10.1 Å². The molecule has 5 heteroatoms. The van der Waals surface area contributed by atoms with Gasteiger partial charge in [0.1, 0.15) is 24.0 Å². The number of anilines is 1. The maximum Gasteiger partial charge on any atom is 0.224 e. The molecule has 0 aliphatic heterocycles. The Morgan fingerprint density at radius 1 is 1.33 bits per heavy atom. The van der Waals surface area contributed by atoms with Crippen LogP contribution in [0.4, 0.5) is 5.82 Å². The summed E-state index contributed by atoms with van der Waals surface area (Å²) in [4.78, 5) is 8.06. The van der Waals surface area contributed by atoms with Crippen molar-refractivity contribution in [3.63, 3.8) is 0 Å². The summed E-state index contributed by atoms with van der Waals surface area (Å²) < 4.78 is 5.57. The molecule has 0 saturated heterocycles. The lowest BCUT2D eigenvalue weighted by atomic mass is 10.2. The summed E-state index contributed by atoms with van der Waals surface area (Å²) in [5, 5.41) is 12.0. The number of hydrogen-bond acceptors (Lipinski definition) is 5. The number of hydrogen-bond donors (Lipinski definition) is 1. The maximum atomic E-state index is 8.96. The van der Waals surface area contributed by atoms with Crippen molar-refractivity contribution in [3.05, 3.63) is 42.2 Å². The van der Waals surface area contributed by atoms with Crippen LogP contribution in [-0.2, 0) is 0 Å². The summed E-state index contributed by atoms with van der Waals surface area (Å²) in [5.41, 5.74) is 0.473. The zero-order chi connectivity index (χ0) is 12.8. The van der Waals surface area contributed by atoms with E-state index in [2.05, 4.69) is 21.4 Å². The summed E-state index contributed by atoms with van der Waals surface area (Å²) in [6, 6.07) is 10.8. The number of aromatic nitrogens is 2. The van der Waals surface area contributed by atoms with Crippen molar-refractivity contribution in [2.24, 2.45) is 0 Å². The predicted molar refractivity (Wildman–Crippen MR) is 67.4 cm³/mol. The second-order valence-corrected chi connectivity index (χ2v) is 3.48. The Bertz CT molecular complexity index is 577. The van der Waals surface area contributed by atoms with Crippen molar-refractivity contribution in [1.82, 2.24) is 9.97 Å². The van der Waals surface area contributed by atoms with E-state index in [4.69, 9.17) is 10.00 Å². The van der Waals surface area contributed by atoms with Crippen LogP contribution in [0, 0.1) is 11.3 Å². The summed E-state index contributed by atoms with van der Waals surface area (Å²) >= 11 is 0. The first-order valence-corrected chi connectivity index (χ1v) is 5.56. The highest BCUT2D eigenvalue weighted by atomic mass is 16.5. The zero-order valence-electron chi connectivity index (χ0n) is 9.92. The minimum absolute atomic E-state index is 0.406. The average Bonchev–Trinajstić information content (AvgIpc) is 2.40. The molecule has 0 amide bonds. The average molecular weight is 240 g/mol. The number of nitriles is 1. The summed E-state index contributed by atoms with van der Waals surface area (Å²) in [7, 11) is 0. The van der Waals surface area contributed by atoms with E-state index in [1.165, 1.54) is 6.33 Å². The van der Waals surface area contributed by atoms with E-state index in [0.29, 0.717) is 23.0 Å². The fraction of sp³-hybridized carbons (Fsp3) is 0.154. The van der Waals surface area contributed by atoms with Crippen LogP contribution in [0.25, 0.3) is 0 Å². The van der Waals surface area contributed by atoms with Crippen molar-refractivity contribution < 1.29 is 4.74 Å². The van der Waals surface area contributed by atoms with Crippen molar-refractivity contribution in [2.45, 2.75) is 6.92 Å². The molecule has 0 bridgehead atoms. The molecule has 18 heavy (non-hydrogen) atoms. The molecule has 90 valence electrons. The van der Waals surface area contributed by atoms with E-state index in [1.54, 1.807) is 24.3 Å². The molecular formula is C13H12N4O. The standard InChI is InChI=1S/C13H12N4O/c1-2-15-12-7-13(17-9-16-12)18-11-6-4-3-5-10(11)8-14/h3-7,9H,2H2,1H3,(H,15,16,17).